The summed E-state index contributed by atoms with van der Waals surface area (Å²) >= 11 is 0. The molecule has 0 aliphatic heterocycles. The van der Waals surface area contributed by atoms with Crippen LogP contribution in [0, 0.1) is 17.5 Å². The summed E-state index contributed by atoms with van der Waals surface area (Å²) in [5.74, 6) is 0.747. The number of imidazole rings is 3. The number of carbonyl (C=O) groups is 3. The Morgan fingerprint density at radius 1 is 0.506 bits per heavy atom. The van der Waals surface area contributed by atoms with Crippen molar-refractivity contribution in [2.24, 2.45) is 0 Å². The maximum Gasteiger partial charge on any atom is 0.321 e. The number of aliphatic hydroxyl groups excluding tert-OH is 1. The number of carbonyl (C=O) groups excluding carboxylic acids is 3. The highest BCUT2D eigenvalue weighted by Crippen LogP contribution is 2.38. The number of amides is 6. The van der Waals surface area contributed by atoms with Crippen molar-refractivity contribution in [1.29, 1.82) is 0 Å². The summed E-state index contributed by atoms with van der Waals surface area (Å²) in [5, 5.41) is 25.5. The van der Waals surface area contributed by atoms with Gasteiger partial charge in [-0.05, 0) is 123 Å². The summed E-state index contributed by atoms with van der Waals surface area (Å²) in [6, 6.07) is 20.5. The van der Waals surface area contributed by atoms with E-state index >= 15 is 0 Å². The van der Waals surface area contributed by atoms with E-state index in [9.17, 15) is 32.7 Å². The van der Waals surface area contributed by atoms with Gasteiger partial charge in [0, 0.05) is 103 Å². The molecule has 25 nitrogen and oxygen atoms in total. The smallest absolute Gasteiger partial charge is 0.321 e. The van der Waals surface area contributed by atoms with E-state index in [4.69, 9.17) is 4.74 Å². The molecule has 0 aliphatic rings. The topological polar surface area (TPSA) is 342 Å². The van der Waals surface area contributed by atoms with Crippen molar-refractivity contribution >= 4 is 69.0 Å². The van der Waals surface area contributed by atoms with Crippen molar-refractivity contribution in [3.63, 3.8) is 0 Å². The Kier molecular flexibility index (Phi) is 18.6. The Morgan fingerprint density at radius 2 is 0.933 bits per heavy atom. The van der Waals surface area contributed by atoms with E-state index in [0.717, 1.165) is 23.5 Å². The number of nitrogens with zero attached hydrogens (tertiary/aromatic N) is 11. The molecular formula is C61H55F3N20O5. The number of aromatic nitrogens is 14. The van der Waals surface area contributed by atoms with E-state index in [1.165, 1.54) is 36.7 Å². The Labute approximate surface area is 504 Å². The Morgan fingerprint density at radius 3 is 1.38 bits per heavy atom. The predicted octanol–water partition coefficient (Wildman–Crippen LogP) is 10.8. The highest BCUT2D eigenvalue weighted by molar-refractivity contribution is 6.01. The first-order chi connectivity index (χ1) is 43.2. The van der Waals surface area contributed by atoms with Crippen molar-refractivity contribution in [2.75, 3.05) is 42.7 Å². The third-order valence-corrected chi connectivity index (χ3v) is 13.0. The third kappa shape index (κ3) is 14.3. The Bertz CT molecular complexity index is 4510. The molecule has 9 heterocycles. The number of nitrogens with one attached hydrogen (secondary N) is 9. The maximum absolute atomic E-state index is 14.5. The molecule has 1 atom stereocenters. The molecule has 3 aromatic carbocycles. The summed E-state index contributed by atoms with van der Waals surface area (Å²) in [7, 11) is 1.56. The van der Waals surface area contributed by atoms with Crippen LogP contribution in [0.25, 0.3) is 100 Å². The van der Waals surface area contributed by atoms with Gasteiger partial charge in [-0.2, -0.15) is 0 Å². The van der Waals surface area contributed by atoms with E-state index in [2.05, 4.69) is 102 Å². The summed E-state index contributed by atoms with van der Waals surface area (Å²) < 4.78 is 47.4. The number of aromatic amines is 3. The lowest BCUT2D eigenvalue weighted by Crippen LogP contribution is -2.28. The molecular weight excluding hydrogens is 1150 g/mol. The number of anilines is 3. The first-order valence-corrected chi connectivity index (χ1v) is 27.5. The summed E-state index contributed by atoms with van der Waals surface area (Å²) in [4.78, 5) is 91.7. The molecule has 0 saturated heterocycles. The number of rotatable bonds is 14. The minimum atomic E-state index is -0.745. The zero-order valence-corrected chi connectivity index (χ0v) is 48.1. The number of methoxy groups -OCH3 is 1. The predicted molar refractivity (Wildman–Crippen MR) is 328 cm³/mol. The zero-order chi connectivity index (χ0) is 62.6. The Hall–Kier alpha value is -11.8. The number of urea groups is 3. The number of aliphatic hydroxyl groups is 1. The normalized spacial score (nSPS) is 11.2. The molecule has 0 radical (unpaired) electrons. The summed E-state index contributed by atoms with van der Waals surface area (Å²) in [6.07, 6.45) is 14.3. The molecule has 0 saturated carbocycles. The fourth-order valence-corrected chi connectivity index (χ4v) is 9.12. The van der Waals surface area contributed by atoms with Gasteiger partial charge in [0.2, 0.25) is 17.8 Å². The van der Waals surface area contributed by atoms with Crippen LogP contribution in [0.15, 0.2) is 141 Å². The van der Waals surface area contributed by atoms with Crippen LogP contribution in [-0.2, 0) is 0 Å². The molecule has 6 amide bonds. The van der Waals surface area contributed by atoms with Gasteiger partial charge in [0.1, 0.15) is 57.2 Å². The number of hydrogen-bond donors (Lipinski definition) is 10. The largest absolute Gasteiger partial charge is 0.494 e. The molecule has 0 fully saturated rings. The fraction of sp³-hybridized carbons (Fsp3) is 0.148. The molecule has 89 heavy (non-hydrogen) atoms. The molecule has 1 unspecified atom stereocenters. The zero-order valence-electron chi connectivity index (χ0n) is 48.1. The van der Waals surface area contributed by atoms with Gasteiger partial charge in [0.25, 0.3) is 0 Å². The number of pyridine rings is 4. The van der Waals surface area contributed by atoms with E-state index in [0.29, 0.717) is 121 Å². The first-order valence-electron chi connectivity index (χ1n) is 27.5. The Balaban J connectivity index is 0.000000147. The van der Waals surface area contributed by atoms with Crippen molar-refractivity contribution < 1.29 is 37.4 Å². The number of benzene rings is 3. The quantitative estimate of drug-likeness (QED) is 0.0484. The molecule has 450 valence electrons. The monoisotopic (exact) mass is 1200 g/mol. The highest BCUT2D eigenvalue weighted by Gasteiger charge is 2.21. The second kappa shape index (κ2) is 27.5. The average Bonchev–Trinajstić information content (AvgIpc) is 1.83. The first kappa shape index (κ1) is 60.3. The molecule has 12 rings (SSSR count). The van der Waals surface area contributed by atoms with Crippen molar-refractivity contribution in [3.05, 3.63) is 164 Å². The second-order valence-corrected chi connectivity index (χ2v) is 19.2. The minimum Gasteiger partial charge on any atom is -0.494 e. The number of ether oxygens (including phenoxy) is 1. The highest BCUT2D eigenvalue weighted by atomic mass is 19.1. The molecule has 0 spiro atoms. The van der Waals surface area contributed by atoms with E-state index < -0.39 is 29.6 Å². The van der Waals surface area contributed by atoms with Crippen LogP contribution >= 0.6 is 0 Å². The number of halogens is 3. The molecule has 9 aromatic heterocycles. The fourth-order valence-electron chi connectivity index (χ4n) is 9.12. The van der Waals surface area contributed by atoms with Gasteiger partial charge >= 0.3 is 18.1 Å². The summed E-state index contributed by atoms with van der Waals surface area (Å²) in [6.45, 7) is 8.50. The number of fused-ring (bicyclic) bond motifs is 3. The molecule has 28 heteroatoms. The van der Waals surface area contributed by atoms with Crippen LogP contribution in [0.3, 0.4) is 0 Å². The molecule has 12 aromatic rings. The van der Waals surface area contributed by atoms with Gasteiger partial charge in [0.05, 0.1) is 36.1 Å². The minimum absolute atomic E-state index is 0.0970. The average molecular weight is 1210 g/mol. The van der Waals surface area contributed by atoms with Gasteiger partial charge in [-0.1, -0.05) is 0 Å². The SMILES string of the molecule is CCNC(=O)Nc1nc2c(-c3ncccc3F)cc(-c3cncc(F)c3)cc2[nH]1.CCNC(=O)Nc1nc2c(-c3ncccc3OC)cc(-c3cncc(F)c3)cc2[nH]1.CCNC(=O)Nc1nc2c(-c3ncccn3)cc(-c3cnc(C(C)O)nc3)cc2[nH]1. The standard InChI is InChI=1S/C21H19FN6O2.C20H16F2N6O.C20H20N8O2/c1-3-24-21(29)28-20-26-16-9-12(13-7-14(22)11-23-10-13)8-15(18(16)27-20)19-17(30-2)5-4-6-25-19;1-2-24-20(29)28-19-26-16-8-11(12-6-13(21)10-23-9-12)7-14(18(16)27-19)17-15(22)4-3-5-25-17;1-3-21-20(30)28-19-26-15-8-12(13-9-24-17(11(2)29)25-10-13)7-14(16(15)27-19)18-22-5-4-6-23-18/h4-11H,3H2,1-2H3,(H3,24,26,27,28,29);3-10H,2H2,1H3,(H3,24,26,27,28,29);4-11,29H,3H2,1-2H3,(H3,21,26,27,28,30). The van der Waals surface area contributed by atoms with Crippen LogP contribution in [0.2, 0.25) is 0 Å². The van der Waals surface area contributed by atoms with Gasteiger partial charge in [-0.3, -0.25) is 35.9 Å². The van der Waals surface area contributed by atoms with Crippen molar-refractivity contribution in [1.82, 2.24) is 85.7 Å². The van der Waals surface area contributed by atoms with Crippen molar-refractivity contribution in [3.8, 4) is 73.0 Å². The lowest BCUT2D eigenvalue weighted by atomic mass is 10.0. The van der Waals surface area contributed by atoms with E-state index in [1.807, 2.05) is 38.1 Å². The van der Waals surface area contributed by atoms with Gasteiger partial charge in [-0.15, -0.1) is 0 Å². The number of H-pyrrole nitrogens is 3. The lowest BCUT2D eigenvalue weighted by molar-refractivity contribution is 0.189. The van der Waals surface area contributed by atoms with E-state index in [1.54, 1.807) is 88.5 Å². The molecule has 0 aliphatic carbocycles. The van der Waals surface area contributed by atoms with Crippen LogP contribution in [-0.4, -0.2) is 120 Å². The van der Waals surface area contributed by atoms with Gasteiger partial charge in [0.15, 0.2) is 11.6 Å². The van der Waals surface area contributed by atoms with Crippen LogP contribution in [0.4, 0.5) is 45.4 Å². The third-order valence-electron chi connectivity index (χ3n) is 13.0. The van der Waals surface area contributed by atoms with Crippen LogP contribution < -0.4 is 36.6 Å². The van der Waals surface area contributed by atoms with Crippen LogP contribution in [0.1, 0.15) is 39.6 Å². The number of hydrogen-bond acceptors (Lipinski definition) is 16. The lowest BCUT2D eigenvalue weighted by Gasteiger charge is -2.10. The van der Waals surface area contributed by atoms with Crippen LogP contribution in [0.5, 0.6) is 5.75 Å². The maximum atomic E-state index is 14.5. The molecule has 0 bridgehead atoms. The van der Waals surface area contributed by atoms with Gasteiger partial charge in [-0.25, -0.2) is 62.4 Å². The van der Waals surface area contributed by atoms with Crippen molar-refractivity contribution in [2.45, 2.75) is 33.8 Å². The second-order valence-electron chi connectivity index (χ2n) is 19.2. The van der Waals surface area contributed by atoms with E-state index in [-0.39, 0.29) is 29.7 Å². The summed E-state index contributed by atoms with van der Waals surface area (Å²) in [5.41, 5.74) is 9.93. The molecule has 10 N–H and O–H groups in total. The van der Waals surface area contributed by atoms with Gasteiger partial charge < -0.3 is 40.7 Å².